The highest BCUT2D eigenvalue weighted by molar-refractivity contribution is 5.94. The Morgan fingerprint density at radius 2 is 1.83 bits per heavy atom. The highest BCUT2D eigenvalue weighted by Gasteiger charge is 2.24. The zero-order valence-electron chi connectivity index (χ0n) is 20.8. The normalized spacial score (nSPS) is 15.3. The fraction of sp³-hybridized carbons (Fsp3) is 0.370. The second-order valence-corrected chi connectivity index (χ2v) is 8.99. The summed E-state index contributed by atoms with van der Waals surface area (Å²) >= 11 is 0. The molecule has 1 N–H and O–H groups in total. The van der Waals surface area contributed by atoms with Crippen LogP contribution in [0, 0.1) is 5.82 Å². The molecule has 1 aromatic heterocycles. The number of piperazine rings is 1. The molecule has 1 aliphatic heterocycles. The van der Waals surface area contributed by atoms with Gasteiger partial charge in [-0.1, -0.05) is 30.3 Å². The van der Waals surface area contributed by atoms with Gasteiger partial charge in [-0.25, -0.2) is 19.4 Å². The van der Waals surface area contributed by atoms with E-state index >= 15 is 0 Å². The lowest BCUT2D eigenvalue weighted by molar-refractivity contribution is 0.0739. The van der Waals surface area contributed by atoms with Crippen LogP contribution >= 0.6 is 0 Å². The molecule has 1 aliphatic rings. The van der Waals surface area contributed by atoms with Crippen LogP contribution in [0.1, 0.15) is 35.3 Å². The Kier molecular flexibility index (Phi) is 8.80. The maximum Gasteiger partial charge on any atom is 0.275 e. The van der Waals surface area contributed by atoms with E-state index in [1.807, 2.05) is 37.3 Å². The number of nitrogens with one attached hydrogen (secondary N) is 1. The summed E-state index contributed by atoms with van der Waals surface area (Å²) in [6.07, 6.45) is 5.12. The van der Waals surface area contributed by atoms with Crippen LogP contribution in [0.4, 0.5) is 10.1 Å². The SMILES string of the molecule is C[C@@H](c1ccccc1)N(Nc1ccc(OCCCN2CCN(C)CC2)c(F)c1)C(=O)c1cncnc1. The number of rotatable bonds is 10. The van der Waals surface area contributed by atoms with Gasteiger partial charge in [0.05, 0.1) is 23.9 Å². The lowest BCUT2D eigenvalue weighted by Crippen LogP contribution is -2.44. The number of hydrogen-bond acceptors (Lipinski definition) is 7. The number of nitrogens with zero attached hydrogens (tertiary/aromatic N) is 5. The topological polar surface area (TPSA) is 73.8 Å². The van der Waals surface area contributed by atoms with E-state index in [0.29, 0.717) is 17.9 Å². The van der Waals surface area contributed by atoms with Crippen LogP contribution in [0.25, 0.3) is 0 Å². The van der Waals surface area contributed by atoms with E-state index < -0.39 is 5.82 Å². The molecule has 0 spiro atoms. The number of hydrogen-bond donors (Lipinski definition) is 1. The Morgan fingerprint density at radius 3 is 2.53 bits per heavy atom. The molecule has 190 valence electrons. The highest BCUT2D eigenvalue weighted by Crippen LogP contribution is 2.26. The van der Waals surface area contributed by atoms with Crippen LogP contribution in [-0.2, 0) is 0 Å². The third-order valence-corrected chi connectivity index (χ3v) is 6.35. The predicted octanol–water partition coefficient (Wildman–Crippen LogP) is 3.86. The van der Waals surface area contributed by atoms with Gasteiger partial charge < -0.3 is 14.5 Å². The Balaban J connectivity index is 1.40. The van der Waals surface area contributed by atoms with E-state index in [2.05, 4.69) is 32.2 Å². The van der Waals surface area contributed by atoms with Crippen molar-refractivity contribution in [1.82, 2.24) is 24.8 Å². The molecular weight excluding hydrogens is 459 g/mol. The van der Waals surface area contributed by atoms with Crippen LogP contribution in [0.3, 0.4) is 0 Å². The van der Waals surface area contributed by atoms with Crippen LogP contribution in [0.5, 0.6) is 5.75 Å². The van der Waals surface area contributed by atoms with Crippen molar-refractivity contribution in [2.45, 2.75) is 19.4 Å². The van der Waals surface area contributed by atoms with Crippen molar-refractivity contribution in [1.29, 1.82) is 0 Å². The minimum atomic E-state index is -0.484. The molecule has 9 heteroatoms. The molecule has 4 rings (SSSR count). The third kappa shape index (κ3) is 6.77. The summed E-state index contributed by atoms with van der Waals surface area (Å²) in [7, 11) is 2.13. The zero-order valence-corrected chi connectivity index (χ0v) is 20.8. The van der Waals surface area contributed by atoms with Gasteiger partial charge in [-0.15, -0.1) is 0 Å². The second-order valence-electron chi connectivity index (χ2n) is 8.99. The average molecular weight is 493 g/mol. The van der Waals surface area contributed by atoms with Gasteiger partial charge in [0.15, 0.2) is 11.6 Å². The first-order valence-corrected chi connectivity index (χ1v) is 12.2. The van der Waals surface area contributed by atoms with E-state index in [0.717, 1.165) is 44.7 Å². The van der Waals surface area contributed by atoms with E-state index in [9.17, 15) is 9.18 Å². The summed E-state index contributed by atoms with van der Waals surface area (Å²) in [5.74, 6) is -0.608. The molecule has 0 aliphatic carbocycles. The molecule has 36 heavy (non-hydrogen) atoms. The summed E-state index contributed by atoms with van der Waals surface area (Å²) in [4.78, 5) is 25.9. The van der Waals surface area contributed by atoms with Gasteiger partial charge >= 0.3 is 0 Å². The molecule has 0 radical (unpaired) electrons. The molecule has 1 atom stereocenters. The van der Waals surface area contributed by atoms with Crippen molar-refractivity contribution < 1.29 is 13.9 Å². The van der Waals surface area contributed by atoms with Gasteiger partial charge in [0.2, 0.25) is 0 Å². The lowest BCUT2D eigenvalue weighted by atomic mass is 10.1. The van der Waals surface area contributed by atoms with E-state index in [1.54, 1.807) is 12.1 Å². The number of aromatic nitrogens is 2. The fourth-order valence-electron chi connectivity index (χ4n) is 4.12. The average Bonchev–Trinajstić information content (AvgIpc) is 2.92. The molecular formula is C27H33FN6O2. The van der Waals surface area contributed by atoms with Gasteiger partial charge in [0.1, 0.15) is 6.33 Å². The van der Waals surface area contributed by atoms with Crippen LogP contribution in [0.15, 0.2) is 67.3 Å². The molecule has 2 heterocycles. The standard InChI is InChI=1S/C27H33FN6O2/c1-21(22-7-4-3-5-8-22)34(27(35)23-18-29-20-30-19-23)31-24-9-10-26(25(28)17-24)36-16-6-11-33-14-12-32(2)13-15-33/h3-5,7-10,17-21,31H,6,11-16H2,1-2H3/t21-/m0/s1. The van der Waals surface area contributed by atoms with Gasteiger partial charge in [-0.05, 0) is 38.1 Å². The number of carbonyl (C=O) groups is 1. The fourth-order valence-corrected chi connectivity index (χ4v) is 4.12. The van der Waals surface area contributed by atoms with E-state index in [1.165, 1.54) is 29.8 Å². The number of likely N-dealkylation sites (N-methyl/N-ethyl adjacent to an activating group) is 1. The maximum atomic E-state index is 14.9. The summed E-state index contributed by atoms with van der Waals surface area (Å²) in [5, 5.41) is 1.46. The molecule has 0 unspecified atom stereocenters. The Bertz CT molecular complexity index is 1110. The number of halogens is 1. The number of carbonyl (C=O) groups excluding carboxylic acids is 1. The van der Waals surface area contributed by atoms with Crippen molar-refractivity contribution in [2.75, 3.05) is 51.8 Å². The second kappa shape index (κ2) is 12.4. The zero-order chi connectivity index (χ0) is 25.3. The lowest BCUT2D eigenvalue weighted by Gasteiger charge is -2.32. The van der Waals surface area contributed by atoms with Gasteiger partial charge in [0.25, 0.3) is 5.91 Å². The molecule has 3 aromatic rings. The summed E-state index contributed by atoms with van der Waals surface area (Å²) in [5.41, 5.74) is 4.77. The van der Waals surface area contributed by atoms with Crippen LogP contribution < -0.4 is 10.2 Å². The van der Waals surface area contributed by atoms with Gasteiger partial charge in [-0.3, -0.25) is 10.2 Å². The Labute approximate surface area is 211 Å². The largest absolute Gasteiger partial charge is 0.490 e. The number of anilines is 1. The smallest absolute Gasteiger partial charge is 0.275 e. The first-order valence-electron chi connectivity index (χ1n) is 12.2. The highest BCUT2D eigenvalue weighted by atomic mass is 19.1. The van der Waals surface area contributed by atoms with Crippen LogP contribution in [0.2, 0.25) is 0 Å². The minimum absolute atomic E-state index is 0.198. The third-order valence-electron chi connectivity index (χ3n) is 6.35. The molecule has 1 saturated heterocycles. The quantitative estimate of drug-likeness (QED) is 0.340. The summed E-state index contributed by atoms with van der Waals surface area (Å²) < 4.78 is 20.6. The molecule has 8 nitrogen and oxygen atoms in total. The Morgan fingerprint density at radius 1 is 1.11 bits per heavy atom. The van der Waals surface area contributed by atoms with Gasteiger partial charge in [0, 0.05) is 51.2 Å². The monoisotopic (exact) mass is 492 g/mol. The number of hydrazine groups is 1. The number of amides is 1. The maximum absolute atomic E-state index is 14.9. The number of ether oxygens (including phenoxy) is 1. The van der Waals surface area contributed by atoms with E-state index in [4.69, 9.17) is 4.74 Å². The molecule has 1 amide bonds. The van der Waals surface area contributed by atoms with Crippen LogP contribution in [-0.4, -0.2) is 77.1 Å². The van der Waals surface area contributed by atoms with E-state index in [-0.39, 0.29) is 17.7 Å². The van der Waals surface area contributed by atoms with Crippen molar-refractivity contribution in [3.8, 4) is 5.75 Å². The summed E-state index contributed by atoms with van der Waals surface area (Å²) in [6, 6.07) is 13.9. The number of benzene rings is 2. The molecule has 2 aromatic carbocycles. The molecule has 0 bridgehead atoms. The molecule has 1 fully saturated rings. The first kappa shape index (κ1) is 25.5. The first-order chi connectivity index (χ1) is 17.5. The predicted molar refractivity (Wildman–Crippen MR) is 137 cm³/mol. The van der Waals surface area contributed by atoms with Crippen molar-refractivity contribution in [2.24, 2.45) is 0 Å². The molecule has 0 saturated carbocycles. The minimum Gasteiger partial charge on any atom is -0.490 e. The van der Waals surface area contributed by atoms with Gasteiger partial charge in [-0.2, -0.15) is 0 Å². The van der Waals surface area contributed by atoms with Crippen molar-refractivity contribution in [3.63, 3.8) is 0 Å². The van der Waals surface area contributed by atoms with Crippen molar-refractivity contribution in [3.05, 3.63) is 84.2 Å². The summed E-state index contributed by atoms with van der Waals surface area (Å²) in [6.45, 7) is 7.53. The van der Waals surface area contributed by atoms with Crippen molar-refractivity contribution >= 4 is 11.6 Å². The Hall–Kier alpha value is -3.56.